The average Bonchev–Trinajstić information content (AvgIpc) is 1.78. The van der Waals surface area contributed by atoms with Gasteiger partial charge in [-0.25, -0.2) is 4.98 Å². The molecule has 1 aromatic heterocycles. The fourth-order valence-corrected chi connectivity index (χ4v) is 2.26. The average molecular weight is 198 g/mol. The number of rotatable bonds is 0. The minimum absolute atomic E-state index is 0.0713. The van der Waals surface area contributed by atoms with Crippen LogP contribution in [0.4, 0.5) is 0 Å². The second-order valence-electron chi connectivity index (χ2n) is 4.50. The van der Waals surface area contributed by atoms with Crippen LogP contribution in [0.3, 0.4) is 0 Å². The quantitative estimate of drug-likeness (QED) is 0.579. The Labute approximate surface area is 85.1 Å². The lowest BCUT2D eigenvalue weighted by Crippen LogP contribution is -2.15. The predicted octanol–water partition coefficient (Wildman–Crippen LogP) is 3.65. The van der Waals surface area contributed by atoms with Crippen molar-refractivity contribution in [1.82, 2.24) is 4.98 Å². The van der Waals surface area contributed by atoms with Crippen molar-refractivity contribution < 1.29 is 0 Å². The van der Waals surface area contributed by atoms with Gasteiger partial charge in [0.2, 0.25) is 0 Å². The van der Waals surface area contributed by atoms with Gasteiger partial charge in [0, 0.05) is 5.69 Å². The lowest BCUT2D eigenvalue weighted by atomic mass is 9.85. The molecular formula is C11H16ClN. The van der Waals surface area contributed by atoms with E-state index in [0.29, 0.717) is 5.15 Å². The van der Waals surface area contributed by atoms with Crippen LogP contribution in [0.25, 0.3) is 0 Å². The molecular weight excluding hydrogens is 182 g/mol. The van der Waals surface area contributed by atoms with Crippen LogP contribution in [0.1, 0.15) is 37.6 Å². The normalized spacial score (nSPS) is 11.8. The number of aryl methyl sites for hydroxylation is 2. The van der Waals surface area contributed by atoms with E-state index in [0.717, 1.165) is 11.3 Å². The molecule has 0 aliphatic rings. The molecule has 13 heavy (non-hydrogen) atoms. The highest BCUT2D eigenvalue weighted by Gasteiger charge is 2.20. The summed E-state index contributed by atoms with van der Waals surface area (Å²) in [6.07, 6.45) is 0. The summed E-state index contributed by atoms with van der Waals surface area (Å²) >= 11 is 6.11. The van der Waals surface area contributed by atoms with Crippen molar-refractivity contribution in [2.24, 2.45) is 0 Å². The number of aromatic nitrogens is 1. The van der Waals surface area contributed by atoms with Gasteiger partial charge in [0.1, 0.15) is 5.15 Å². The molecule has 0 radical (unpaired) electrons. The zero-order chi connectivity index (χ0) is 10.2. The first-order valence-corrected chi connectivity index (χ1v) is 4.84. The topological polar surface area (TPSA) is 12.9 Å². The van der Waals surface area contributed by atoms with Gasteiger partial charge in [-0.2, -0.15) is 0 Å². The molecule has 2 heteroatoms. The highest BCUT2D eigenvalue weighted by atomic mass is 35.5. The summed E-state index contributed by atoms with van der Waals surface area (Å²) in [4.78, 5) is 4.27. The number of hydrogen-bond acceptors (Lipinski definition) is 1. The smallest absolute Gasteiger partial charge is 0.133 e. The largest absolute Gasteiger partial charge is 0.241 e. The Hall–Kier alpha value is -0.560. The lowest BCUT2D eigenvalue weighted by molar-refractivity contribution is 0.583. The van der Waals surface area contributed by atoms with Gasteiger partial charge in [0.25, 0.3) is 0 Å². The second-order valence-corrected chi connectivity index (χ2v) is 4.85. The molecule has 0 aliphatic carbocycles. The van der Waals surface area contributed by atoms with Crippen LogP contribution in [-0.2, 0) is 5.41 Å². The van der Waals surface area contributed by atoms with E-state index in [9.17, 15) is 0 Å². The molecule has 1 rings (SSSR count). The monoisotopic (exact) mass is 197 g/mol. The van der Waals surface area contributed by atoms with E-state index in [2.05, 4.69) is 38.7 Å². The molecule has 0 aliphatic heterocycles. The van der Waals surface area contributed by atoms with Crippen LogP contribution < -0.4 is 0 Å². The van der Waals surface area contributed by atoms with Gasteiger partial charge >= 0.3 is 0 Å². The standard InChI is InChI=1S/C11H16ClN/c1-7-6-8(2)13-10(12)9(7)11(3,4)5/h6H,1-5H3. The van der Waals surface area contributed by atoms with Crippen molar-refractivity contribution in [2.45, 2.75) is 40.0 Å². The number of pyridine rings is 1. The van der Waals surface area contributed by atoms with Gasteiger partial charge in [-0.1, -0.05) is 32.4 Å². The summed E-state index contributed by atoms with van der Waals surface area (Å²) < 4.78 is 0. The molecule has 0 saturated carbocycles. The Bertz CT molecular complexity index is 300. The predicted molar refractivity (Wildman–Crippen MR) is 57.4 cm³/mol. The van der Waals surface area contributed by atoms with Gasteiger partial charge < -0.3 is 0 Å². The molecule has 72 valence electrons. The van der Waals surface area contributed by atoms with Gasteiger partial charge in [-0.15, -0.1) is 0 Å². The van der Waals surface area contributed by atoms with E-state index < -0.39 is 0 Å². The Morgan fingerprint density at radius 2 is 1.77 bits per heavy atom. The van der Waals surface area contributed by atoms with Crippen molar-refractivity contribution in [2.75, 3.05) is 0 Å². The van der Waals surface area contributed by atoms with E-state index in [1.165, 1.54) is 5.56 Å². The SMILES string of the molecule is Cc1cc(C)c(C(C)(C)C)c(Cl)n1. The fourth-order valence-electron chi connectivity index (χ4n) is 1.69. The van der Waals surface area contributed by atoms with Crippen molar-refractivity contribution in [3.05, 3.63) is 28.0 Å². The minimum atomic E-state index is 0.0713. The van der Waals surface area contributed by atoms with Gasteiger partial charge in [0.15, 0.2) is 0 Å². The maximum Gasteiger partial charge on any atom is 0.133 e. The molecule has 0 bridgehead atoms. The summed E-state index contributed by atoms with van der Waals surface area (Å²) in [5, 5.41) is 0.644. The molecule has 0 saturated heterocycles. The molecule has 0 N–H and O–H groups in total. The fraction of sp³-hybridized carbons (Fsp3) is 0.545. The zero-order valence-corrected chi connectivity index (χ0v) is 9.66. The van der Waals surface area contributed by atoms with E-state index in [4.69, 9.17) is 11.6 Å². The summed E-state index contributed by atoms with van der Waals surface area (Å²) in [7, 11) is 0. The minimum Gasteiger partial charge on any atom is -0.241 e. The first-order chi connectivity index (χ1) is 5.82. The van der Waals surface area contributed by atoms with E-state index in [1.807, 2.05) is 6.92 Å². The Balaban J connectivity index is 3.38. The summed E-state index contributed by atoms with van der Waals surface area (Å²) in [6, 6.07) is 2.08. The van der Waals surface area contributed by atoms with Crippen molar-refractivity contribution in [1.29, 1.82) is 0 Å². The van der Waals surface area contributed by atoms with E-state index in [1.54, 1.807) is 0 Å². The molecule has 0 atom stereocenters. The molecule has 0 amide bonds. The third-order valence-corrected chi connectivity index (χ3v) is 2.32. The first-order valence-electron chi connectivity index (χ1n) is 4.46. The first kappa shape index (κ1) is 10.5. The molecule has 1 heterocycles. The van der Waals surface area contributed by atoms with Crippen LogP contribution in [0.15, 0.2) is 6.07 Å². The molecule has 0 aromatic carbocycles. The van der Waals surface area contributed by atoms with Crippen LogP contribution in [0, 0.1) is 13.8 Å². The van der Waals surface area contributed by atoms with E-state index in [-0.39, 0.29) is 5.41 Å². The number of nitrogens with zero attached hydrogens (tertiary/aromatic N) is 1. The summed E-state index contributed by atoms with van der Waals surface area (Å²) in [5.74, 6) is 0. The maximum atomic E-state index is 6.11. The molecule has 1 aromatic rings. The Morgan fingerprint density at radius 1 is 1.23 bits per heavy atom. The maximum absolute atomic E-state index is 6.11. The Kier molecular flexibility index (Phi) is 2.67. The third kappa shape index (κ3) is 2.22. The van der Waals surface area contributed by atoms with Crippen LogP contribution >= 0.6 is 11.6 Å². The van der Waals surface area contributed by atoms with Crippen molar-refractivity contribution >= 4 is 11.6 Å². The summed E-state index contributed by atoms with van der Waals surface area (Å²) in [6.45, 7) is 10.5. The summed E-state index contributed by atoms with van der Waals surface area (Å²) in [5.41, 5.74) is 3.43. The van der Waals surface area contributed by atoms with Gasteiger partial charge in [-0.05, 0) is 36.5 Å². The molecule has 0 unspecified atom stereocenters. The third-order valence-electron chi connectivity index (χ3n) is 2.05. The molecule has 1 nitrogen and oxygen atoms in total. The van der Waals surface area contributed by atoms with Crippen LogP contribution in [0.2, 0.25) is 5.15 Å². The van der Waals surface area contributed by atoms with Crippen LogP contribution in [-0.4, -0.2) is 4.98 Å². The number of hydrogen-bond donors (Lipinski definition) is 0. The molecule has 0 fully saturated rings. The lowest BCUT2D eigenvalue weighted by Gasteiger charge is -2.22. The van der Waals surface area contributed by atoms with Crippen LogP contribution in [0.5, 0.6) is 0 Å². The van der Waals surface area contributed by atoms with Gasteiger partial charge in [-0.3, -0.25) is 0 Å². The van der Waals surface area contributed by atoms with Gasteiger partial charge in [0.05, 0.1) is 0 Å². The van der Waals surface area contributed by atoms with Crippen molar-refractivity contribution in [3.63, 3.8) is 0 Å². The second kappa shape index (κ2) is 3.30. The highest BCUT2D eigenvalue weighted by molar-refractivity contribution is 6.30. The highest BCUT2D eigenvalue weighted by Crippen LogP contribution is 2.31. The van der Waals surface area contributed by atoms with Crippen molar-refractivity contribution in [3.8, 4) is 0 Å². The molecule has 0 spiro atoms. The number of halogens is 1. The zero-order valence-electron chi connectivity index (χ0n) is 8.90. The Morgan fingerprint density at radius 3 is 2.15 bits per heavy atom. The van der Waals surface area contributed by atoms with E-state index >= 15 is 0 Å².